The summed E-state index contributed by atoms with van der Waals surface area (Å²) < 4.78 is 1.56. The zero-order chi connectivity index (χ0) is 11.7. The number of nitrogens with one attached hydrogen (secondary N) is 1. The molecule has 2 heterocycles. The van der Waals surface area contributed by atoms with Gasteiger partial charge in [0.05, 0.1) is 0 Å². The molecule has 1 aliphatic rings. The first kappa shape index (κ1) is 10.4. The lowest BCUT2D eigenvalue weighted by Crippen LogP contribution is -2.23. The molecule has 0 saturated heterocycles. The topological polar surface area (TPSA) is 72.2 Å². The van der Waals surface area contributed by atoms with Crippen LogP contribution in [0, 0.1) is 5.92 Å². The molecule has 3 rings (SSSR count). The SMILES string of the molecule is O=C(Nc1nn2cnnc2s1)C1CC=CCC1. The van der Waals surface area contributed by atoms with Crippen LogP contribution >= 0.6 is 11.3 Å². The van der Waals surface area contributed by atoms with Crippen molar-refractivity contribution in [3.8, 4) is 0 Å². The number of fused-ring (bicyclic) bond motifs is 1. The number of aromatic nitrogens is 4. The highest BCUT2D eigenvalue weighted by atomic mass is 32.1. The minimum Gasteiger partial charge on any atom is -0.300 e. The number of amides is 1. The van der Waals surface area contributed by atoms with Crippen molar-refractivity contribution >= 4 is 27.3 Å². The quantitative estimate of drug-likeness (QED) is 0.818. The molecule has 88 valence electrons. The Morgan fingerprint density at radius 2 is 2.47 bits per heavy atom. The standard InChI is InChI=1S/C10H11N5OS/c16-8(7-4-2-1-3-5-7)12-9-14-15-6-11-13-10(15)17-9/h1-2,6-7H,3-5H2,(H,12,14,16). The Balaban J connectivity index is 1.72. The van der Waals surface area contributed by atoms with Gasteiger partial charge >= 0.3 is 0 Å². The van der Waals surface area contributed by atoms with Crippen LogP contribution in [0.2, 0.25) is 0 Å². The number of nitrogens with zero attached hydrogens (tertiary/aromatic N) is 4. The highest BCUT2D eigenvalue weighted by molar-refractivity contribution is 7.20. The highest BCUT2D eigenvalue weighted by Crippen LogP contribution is 2.22. The fraction of sp³-hybridized carbons (Fsp3) is 0.400. The van der Waals surface area contributed by atoms with Crippen LogP contribution in [0.3, 0.4) is 0 Å². The second-order valence-corrected chi connectivity index (χ2v) is 4.89. The normalized spacial score (nSPS) is 19.6. The van der Waals surface area contributed by atoms with Crippen LogP contribution in [0.25, 0.3) is 4.96 Å². The maximum absolute atomic E-state index is 11.9. The van der Waals surface area contributed by atoms with Gasteiger partial charge in [0.2, 0.25) is 16.0 Å². The molecule has 0 spiro atoms. The number of carbonyl (C=O) groups excluding carboxylic acids is 1. The second kappa shape index (κ2) is 4.25. The Morgan fingerprint density at radius 1 is 1.53 bits per heavy atom. The smallest absolute Gasteiger partial charge is 0.236 e. The van der Waals surface area contributed by atoms with E-state index >= 15 is 0 Å². The molecule has 1 amide bonds. The summed E-state index contributed by atoms with van der Waals surface area (Å²) in [6.45, 7) is 0. The molecule has 2 aromatic heterocycles. The van der Waals surface area contributed by atoms with Crippen LogP contribution < -0.4 is 5.32 Å². The maximum atomic E-state index is 11.9. The van der Waals surface area contributed by atoms with Crippen molar-refractivity contribution in [3.05, 3.63) is 18.5 Å². The van der Waals surface area contributed by atoms with E-state index < -0.39 is 0 Å². The predicted molar refractivity (Wildman–Crippen MR) is 63.8 cm³/mol. The molecule has 1 unspecified atom stereocenters. The van der Waals surface area contributed by atoms with E-state index in [2.05, 4.69) is 32.8 Å². The molecule has 0 aliphatic heterocycles. The minimum atomic E-state index is 0.0410. The van der Waals surface area contributed by atoms with Crippen LogP contribution in [-0.4, -0.2) is 25.7 Å². The number of rotatable bonds is 2. The molecule has 2 aromatic rings. The molecule has 6 nitrogen and oxygen atoms in total. The lowest BCUT2D eigenvalue weighted by atomic mass is 9.94. The summed E-state index contributed by atoms with van der Waals surface area (Å²) in [5.41, 5.74) is 0. The average Bonchev–Trinajstić information content (AvgIpc) is 2.90. The molecule has 0 fully saturated rings. The third kappa shape index (κ3) is 2.05. The summed E-state index contributed by atoms with van der Waals surface area (Å²) in [4.78, 5) is 12.6. The van der Waals surface area contributed by atoms with E-state index in [9.17, 15) is 4.79 Å². The first-order chi connectivity index (χ1) is 8.33. The number of carbonyl (C=O) groups is 1. The fourth-order valence-electron chi connectivity index (χ4n) is 1.85. The van der Waals surface area contributed by atoms with Crippen LogP contribution in [-0.2, 0) is 4.79 Å². The van der Waals surface area contributed by atoms with Gasteiger partial charge in [0.15, 0.2) is 0 Å². The van der Waals surface area contributed by atoms with Crippen molar-refractivity contribution in [2.24, 2.45) is 5.92 Å². The molecule has 1 atom stereocenters. The fourth-order valence-corrected chi connectivity index (χ4v) is 2.57. The van der Waals surface area contributed by atoms with Gasteiger partial charge < -0.3 is 5.32 Å². The third-order valence-electron chi connectivity index (χ3n) is 2.76. The van der Waals surface area contributed by atoms with Crippen LogP contribution in [0.1, 0.15) is 19.3 Å². The second-order valence-electron chi connectivity index (χ2n) is 3.94. The van der Waals surface area contributed by atoms with Crippen molar-refractivity contribution in [1.29, 1.82) is 0 Å². The summed E-state index contributed by atoms with van der Waals surface area (Å²) in [5.74, 6) is 0.105. The van der Waals surface area contributed by atoms with Crippen LogP contribution in [0.5, 0.6) is 0 Å². The molecule has 1 aliphatic carbocycles. The molecular weight excluding hydrogens is 238 g/mol. The molecular formula is C10H11N5OS. The average molecular weight is 249 g/mol. The van der Waals surface area contributed by atoms with Crippen molar-refractivity contribution in [3.63, 3.8) is 0 Å². The molecule has 7 heteroatoms. The van der Waals surface area contributed by atoms with Gasteiger partial charge in [0.1, 0.15) is 6.33 Å². The Hall–Kier alpha value is -1.76. The first-order valence-corrected chi connectivity index (χ1v) is 6.27. The lowest BCUT2D eigenvalue weighted by Gasteiger charge is -2.15. The van der Waals surface area contributed by atoms with E-state index in [1.54, 1.807) is 4.52 Å². The summed E-state index contributed by atoms with van der Waals surface area (Å²) >= 11 is 1.32. The first-order valence-electron chi connectivity index (χ1n) is 5.45. The van der Waals surface area contributed by atoms with Gasteiger partial charge in [-0.25, -0.2) is 0 Å². The van der Waals surface area contributed by atoms with E-state index in [1.165, 1.54) is 17.7 Å². The van der Waals surface area contributed by atoms with Crippen LogP contribution in [0.4, 0.5) is 5.13 Å². The van der Waals surface area contributed by atoms with E-state index in [4.69, 9.17) is 0 Å². The Morgan fingerprint density at radius 3 is 3.24 bits per heavy atom. The van der Waals surface area contributed by atoms with Gasteiger partial charge in [-0.1, -0.05) is 23.5 Å². The van der Waals surface area contributed by atoms with Gasteiger partial charge in [-0.2, -0.15) is 4.52 Å². The Bertz CT molecular complexity index is 544. The molecule has 0 radical (unpaired) electrons. The van der Waals surface area contributed by atoms with Crippen molar-refractivity contribution in [2.45, 2.75) is 19.3 Å². The Kier molecular flexibility index (Phi) is 2.60. The van der Waals surface area contributed by atoms with E-state index in [0.29, 0.717) is 10.1 Å². The number of allylic oxidation sites excluding steroid dienone is 2. The monoisotopic (exact) mass is 249 g/mol. The summed E-state index contributed by atoms with van der Waals surface area (Å²) in [6.07, 6.45) is 8.40. The van der Waals surface area contributed by atoms with Crippen molar-refractivity contribution in [2.75, 3.05) is 5.32 Å². The third-order valence-corrected chi connectivity index (χ3v) is 3.59. The largest absolute Gasteiger partial charge is 0.300 e. The van der Waals surface area contributed by atoms with Crippen molar-refractivity contribution in [1.82, 2.24) is 19.8 Å². The van der Waals surface area contributed by atoms with Gasteiger partial charge in [0, 0.05) is 5.92 Å². The van der Waals surface area contributed by atoms with Gasteiger partial charge in [0.25, 0.3) is 0 Å². The van der Waals surface area contributed by atoms with Gasteiger partial charge in [-0.3, -0.25) is 4.79 Å². The predicted octanol–water partition coefficient (Wildman–Crippen LogP) is 1.48. The highest BCUT2D eigenvalue weighted by Gasteiger charge is 2.20. The lowest BCUT2D eigenvalue weighted by molar-refractivity contribution is -0.120. The molecule has 17 heavy (non-hydrogen) atoms. The summed E-state index contributed by atoms with van der Waals surface area (Å²) in [6, 6.07) is 0. The molecule has 0 saturated carbocycles. The molecule has 0 aromatic carbocycles. The minimum absolute atomic E-state index is 0.0410. The Labute approximate surface area is 101 Å². The van der Waals surface area contributed by atoms with Gasteiger partial charge in [-0.15, -0.1) is 15.3 Å². The zero-order valence-electron chi connectivity index (χ0n) is 9.04. The molecule has 1 N–H and O–H groups in total. The van der Waals surface area contributed by atoms with E-state index in [1.807, 2.05) is 0 Å². The summed E-state index contributed by atoms with van der Waals surface area (Å²) in [5, 5.41) is 15.2. The maximum Gasteiger partial charge on any atom is 0.236 e. The molecule has 0 bridgehead atoms. The number of anilines is 1. The number of hydrogen-bond donors (Lipinski definition) is 1. The van der Waals surface area contributed by atoms with Gasteiger partial charge in [-0.05, 0) is 19.3 Å². The van der Waals surface area contributed by atoms with Crippen molar-refractivity contribution < 1.29 is 4.79 Å². The van der Waals surface area contributed by atoms with E-state index in [0.717, 1.165) is 19.3 Å². The van der Waals surface area contributed by atoms with E-state index in [-0.39, 0.29) is 11.8 Å². The van der Waals surface area contributed by atoms with Crippen LogP contribution in [0.15, 0.2) is 18.5 Å². The number of hydrogen-bond acceptors (Lipinski definition) is 5. The zero-order valence-corrected chi connectivity index (χ0v) is 9.85. The summed E-state index contributed by atoms with van der Waals surface area (Å²) in [7, 11) is 0.